The third-order valence-electron chi connectivity index (χ3n) is 5.49. The maximum Gasteiger partial charge on any atom is 0.226 e. The third kappa shape index (κ3) is 5.06. The molecule has 1 aliphatic rings. The molecule has 0 saturated heterocycles. The van der Waals surface area contributed by atoms with Gasteiger partial charge in [0.05, 0.1) is 0 Å². The molecule has 0 fully saturated rings. The first-order chi connectivity index (χ1) is 14.7. The highest BCUT2D eigenvalue weighted by Crippen LogP contribution is 2.28. The molecular weight excluding hydrogens is 376 g/mol. The van der Waals surface area contributed by atoms with Crippen molar-refractivity contribution in [2.75, 3.05) is 11.4 Å². The van der Waals surface area contributed by atoms with E-state index in [0.717, 1.165) is 31.5 Å². The maximum atomic E-state index is 12.1. The first kappa shape index (κ1) is 20.1. The number of rotatable bonds is 9. The van der Waals surface area contributed by atoms with E-state index in [1.54, 1.807) is 0 Å². The van der Waals surface area contributed by atoms with Gasteiger partial charge in [-0.25, -0.2) is 0 Å². The highest BCUT2D eigenvalue weighted by molar-refractivity contribution is 5.75. The van der Waals surface area contributed by atoms with Crippen LogP contribution in [0.2, 0.25) is 0 Å². The molecule has 2 heterocycles. The summed E-state index contributed by atoms with van der Waals surface area (Å²) in [5, 5.41) is 6.86. The van der Waals surface area contributed by atoms with Gasteiger partial charge in [0.25, 0.3) is 0 Å². The SMILES string of the molecule is CCc1noc(CCCC(=O)NCc2ccc(CN3CCc4ccccc43)cc2)n1. The van der Waals surface area contributed by atoms with Crippen LogP contribution < -0.4 is 10.2 Å². The second kappa shape index (κ2) is 9.57. The van der Waals surface area contributed by atoms with Gasteiger partial charge in [-0.05, 0) is 35.6 Å². The summed E-state index contributed by atoms with van der Waals surface area (Å²) in [5.74, 6) is 1.37. The van der Waals surface area contributed by atoms with Gasteiger partial charge in [0.15, 0.2) is 5.82 Å². The molecule has 3 aromatic rings. The van der Waals surface area contributed by atoms with Gasteiger partial charge in [0.1, 0.15) is 0 Å². The number of nitrogens with zero attached hydrogens (tertiary/aromatic N) is 3. The highest BCUT2D eigenvalue weighted by atomic mass is 16.5. The Morgan fingerprint density at radius 1 is 1.13 bits per heavy atom. The Balaban J connectivity index is 1.19. The van der Waals surface area contributed by atoms with Gasteiger partial charge in [-0.15, -0.1) is 0 Å². The van der Waals surface area contributed by atoms with Crippen molar-refractivity contribution in [2.24, 2.45) is 0 Å². The number of nitrogens with one attached hydrogen (secondary N) is 1. The van der Waals surface area contributed by atoms with Gasteiger partial charge in [-0.3, -0.25) is 4.79 Å². The van der Waals surface area contributed by atoms with Crippen LogP contribution in [0.5, 0.6) is 0 Å². The number of hydrogen-bond donors (Lipinski definition) is 1. The van der Waals surface area contributed by atoms with Crippen molar-refractivity contribution in [3.05, 3.63) is 76.9 Å². The molecule has 2 aromatic carbocycles. The molecule has 0 aliphatic carbocycles. The fraction of sp³-hybridized carbons (Fsp3) is 0.375. The van der Waals surface area contributed by atoms with Crippen molar-refractivity contribution in [1.82, 2.24) is 15.5 Å². The van der Waals surface area contributed by atoms with Crippen molar-refractivity contribution in [2.45, 2.75) is 52.1 Å². The summed E-state index contributed by atoms with van der Waals surface area (Å²) in [6.07, 6.45) is 3.67. The topological polar surface area (TPSA) is 71.3 Å². The highest BCUT2D eigenvalue weighted by Gasteiger charge is 2.18. The Labute approximate surface area is 177 Å². The molecule has 1 aromatic heterocycles. The van der Waals surface area contributed by atoms with Crippen molar-refractivity contribution in [1.29, 1.82) is 0 Å². The largest absolute Gasteiger partial charge is 0.367 e. The Hall–Kier alpha value is -3.15. The Morgan fingerprint density at radius 2 is 1.93 bits per heavy atom. The first-order valence-corrected chi connectivity index (χ1v) is 10.7. The number of anilines is 1. The fourth-order valence-corrected chi connectivity index (χ4v) is 3.78. The van der Waals surface area contributed by atoms with Crippen LogP contribution in [0.3, 0.4) is 0 Å². The van der Waals surface area contributed by atoms with E-state index < -0.39 is 0 Å². The molecule has 0 spiro atoms. The lowest BCUT2D eigenvalue weighted by atomic mass is 10.1. The monoisotopic (exact) mass is 404 g/mol. The van der Waals surface area contributed by atoms with Crippen LogP contribution >= 0.6 is 0 Å². The quantitative estimate of drug-likeness (QED) is 0.587. The van der Waals surface area contributed by atoms with E-state index in [1.807, 2.05) is 6.92 Å². The fourth-order valence-electron chi connectivity index (χ4n) is 3.78. The van der Waals surface area contributed by atoms with E-state index in [0.29, 0.717) is 37.5 Å². The number of aromatic nitrogens is 2. The zero-order valence-electron chi connectivity index (χ0n) is 17.4. The molecule has 30 heavy (non-hydrogen) atoms. The summed E-state index contributed by atoms with van der Waals surface area (Å²) in [6.45, 7) is 4.52. The molecule has 1 amide bonds. The average molecular weight is 405 g/mol. The number of para-hydroxylation sites is 1. The van der Waals surface area contributed by atoms with Crippen LogP contribution in [0.15, 0.2) is 53.1 Å². The summed E-state index contributed by atoms with van der Waals surface area (Å²) in [5.41, 5.74) is 5.17. The van der Waals surface area contributed by atoms with Crippen LogP contribution in [0.4, 0.5) is 5.69 Å². The second-order valence-electron chi connectivity index (χ2n) is 7.70. The van der Waals surface area contributed by atoms with Gasteiger partial charge in [0, 0.05) is 44.6 Å². The molecule has 0 radical (unpaired) electrons. The predicted molar refractivity (Wildman–Crippen MR) is 116 cm³/mol. The van der Waals surface area contributed by atoms with Crippen molar-refractivity contribution < 1.29 is 9.32 Å². The maximum absolute atomic E-state index is 12.1. The molecule has 0 bridgehead atoms. The number of hydrogen-bond acceptors (Lipinski definition) is 5. The minimum Gasteiger partial charge on any atom is -0.367 e. The van der Waals surface area contributed by atoms with Crippen LogP contribution in [-0.2, 0) is 37.1 Å². The number of aryl methyl sites for hydroxylation is 2. The molecular formula is C24H28N4O2. The molecule has 4 rings (SSSR count). The molecule has 6 nitrogen and oxygen atoms in total. The van der Waals surface area contributed by atoms with E-state index in [-0.39, 0.29) is 5.91 Å². The van der Waals surface area contributed by atoms with Crippen molar-refractivity contribution in [3.8, 4) is 0 Å². The zero-order chi connectivity index (χ0) is 20.8. The second-order valence-corrected chi connectivity index (χ2v) is 7.70. The van der Waals surface area contributed by atoms with Crippen LogP contribution in [0.25, 0.3) is 0 Å². The lowest BCUT2D eigenvalue weighted by Gasteiger charge is -2.19. The van der Waals surface area contributed by atoms with Crippen LogP contribution in [-0.4, -0.2) is 22.6 Å². The molecule has 156 valence electrons. The lowest BCUT2D eigenvalue weighted by Crippen LogP contribution is -2.22. The normalized spacial score (nSPS) is 12.8. The number of amides is 1. The van der Waals surface area contributed by atoms with Crippen LogP contribution in [0.1, 0.15) is 48.2 Å². The number of carbonyl (C=O) groups excluding carboxylic acids is 1. The molecule has 0 atom stereocenters. The minimum atomic E-state index is 0.0444. The molecule has 1 N–H and O–H groups in total. The summed E-state index contributed by atoms with van der Waals surface area (Å²) in [7, 11) is 0. The molecule has 0 unspecified atom stereocenters. The summed E-state index contributed by atoms with van der Waals surface area (Å²) in [4.78, 5) is 18.8. The standard InChI is InChI=1S/C24H28N4O2/c1-2-22-26-24(30-27-22)9-5-8-23(29)25-16-18-10-12-19(13-11-18)17-28-15-14-20-6-3-4-7-21(20)28/h3-4,6-7,10-13H,2,5,8-9,14-17H2,1H3,(H,25,29). The van der Waals surface area contributed by atoms with Gasteiger partial charge in [-0.2, -0.15) is 4.98 Å². The average Bonchev–Trinajstić information content (AvgIpc) is 3.40. The third-order valence-corrected chi connectivity index (χ3v) is 5.49. The van der Waals surface area contributed by atoms with E-state index in [4.69, 9.17) is 4.52 Å². The Kier molecular flexibility index (Phi) is 6.42. The number of carbonyl (C=O) groups is 1. The van der Waals surface area contributed by atoms with Gasteiger partial charge in [-0.1, -0.05) is 54.5 Å². The van der Waals surface area contributed by atoms with E-state index in [2.05, 4.69) is 68.9 Å². The van der Waals surface area contributed by atoms with Gasteiger partial charge >= 0.3 is 0 Å². The smallest absolute Gasteiger partial charge is 0.226 e. The van der Waals surface area contributed by atoms with E-state index in [1.165, 1.54) is 16.8 Å². The Morgan fingerprint density at radius 3 is 2.73 bits per heavy atom. The van der Waals surface area contributed by atoms with Crippen molar-refractivity contribution in [3.63, 3.8) is 0 Å². The molecule has 6 heteroatoms. The van der Waals surface area contributed by atoms with Crippen molar-refractivity contribution >= 4 is 11.6 Å². The minimum absolute atomic E-state index is 0.0444. The first-order valence-electron chi connectivity index (χ1n) is 10.7. The lowest BCUT2D eigenvalue weighted by molar-refractivity contribution is -0.121. The van der Waals surface area contributed by atoms with Crippen LogP contribution in [0, 0.1) is 0 Å². The summed E-state index contributed by atoms with van der Waals surface area (Å²) in [6, 6.07) is 17.1. The van der Waals surface area contributed by atoms with Gasteiger partial charge in [0.2, 0.25) is 11.8 Å². The summed E-state index contributed by atoms with van der Waals surface area (Å²) < 4.78 is 5.15. The number of benzene rings is 2. The van der Waals surface area contributed by atoms with Gasteiger partial charge < -0.3 is 14.7 Å². The van der Waals surface area contributed by atoms with E-state index in [9.17, 15) is 4.79 Å². The Bertz CT molecular complexity index is 981. The zero-order valence-corrected chi connectivity index (χ0v) is 17.4. The van der Waals surface area contributed by atoms with E-state index >= 15 is 0 Å². The molecule has 1 aliphatic heterocycles. The number of fused-ring (bicyclic) bond motifs is 1. The molecule has 0 saturated carbocycles. The predicted octanol–water partition coefficient (Wildman–Crippen LogP) is 3.83. The summed E-state index contributed by atoms with van der Waals surface area (Å²) >= 11 is 0.